The molecule has 1 aliphatic rings. The zero-order chi connectivity index (χ0) is 14.8. The van der Waals surface area contributed by atoms with Gasteiger partial charge in [-0.15, -0.1) is 0 Å². The number of benzene rings is 1. The SMILES string of the molecule is Fc1cc(Oc2ccncc2CNC2CC2)c(Br)cc1Cl. The molecule has 1 saturated carbocycles. The highest BCUT2D eigenvalue weighted by molar-refractivity contribution is 9.10. The van der Waals surface area contributed by atoms with Crippen LogP contribution >= 0.6 is 27.5 Å². The summed E-state index contributed by atoms with van der Waals surface area (Å²) in [5.41, 5.74) is 0.937. The van der Waals surface area contributed by atoms with Crippen molar-refractivity contribution in [1.82, 2.24) is 10.3 Å². The summed E-state index contributed by atoms with van der Waals surface area (Å²) in [6, 6.07) is 5.11. The Kier molecular flexibility index (Phi) is 4.42. The first-order valence-corrected chi connectivity index (χ1v) is 7.79. The van der Waals surface area contributed by atoms with E-state index in [1.54, 1.807) is 18.5 Å². The Morgan fingerprint density at radius 2 is 2.19 bits per heavy atom. The third-order valence-corrected chi connectivity index (χ3v) is 4.12. The van der Waals surface area contributed by atoms with Gasteiger partial charge in [0.1, 0.15) is 17.3 Å². The molecular formula is C15H13BrClFN2O. The summed E-state index contributed by atoms with van der Waals surface area (Å²) in [5, 5.41) is 3.46. The van der Waals surface area contributed by atoms with Crippen LogP contribution in [0.25, 0.3) is 0 Å². The molecule has 1 aromatic carbocycles. The van der Waals surface area contributed by atoms with E-state index in [-0.39, 0.29) is 5.02 Å². The highest BCUT2D eigenvalue weighted by Crippen LogP contribution is 2.34. The second kappa shape index (κ2) is 6.30. The molecule has 3 nitrogen and oxygen atoms in total. The first-order valence-electron chi connectivity index (χ1n) is 6.62. The number of hydrogen-bond donors (Lipinski definition) is 1. The first-order chi connectivity index (χ1) is 10.1. The number of ether oxygens (including phenoxy) is 1. The number of aromatic nitrogens is 1. The number of rotatable bonds is 5. The smallest absolute Gasteiger partial charge is 0.145 e. The van der Waals surface area contributed by atoms with Gasteiger partial charge < -0.3 is 10.1 Å². The summed E-state index contributed by atoms with van der Waals surface area (Å²) < 4.78 is 20.0. The summed E-state index contributed by atoms with van der Waals surface area (Å²) in [7, 11) is 0. The summed E-state index contributed by atoms with van der Waals surface area (Å²) >= 11 is 9.06. The van der Waals surface area contributed by atoms with Gasteiger partial charge in [-0.2, -0.15) is 0 Å². The van der Waals surface area contributed by atoms with Gasteiger partial charge in [0.25, 0.3) is 0 Å². The van der Waals surface area contributed by atoms with Crippen molar-refractivity contribution in [2.24, 2.45) is 0 Å². The molecule has 2 aromatic rings. The Labute approximate surface area is 135 Å². The molecule has 1 heterocycles. The zero-order valence-corrected chi connectivity index (χ0v) is 13.4. The molecule has 3 rings (SSSR count). The van der Waals surface area contributed by atoms with E-state index in [0.717, 1.165) is 5.56 Å². The molecule has 21 heavy (non-hydrogen) atoms. The maximum Gasteiger partial charge on any atom is 0.145 e. The van der Waals surface area contributed by atoms with Crippen molar-refractivity contribution in [1.29, 1.82) is 0 Å². The van der Waals surface area contributed by atoms with Gasteiger partial charge in [0.2, 0.25) is 0 Å². The van der Waals surface area contributed by atoms with E-state index in [0.29, 0.717) is 28.6 Å². The Morgan fingerprint density at radius 3 is 2.95 bits per heavy atom. The van der Waals surface area contributed by atoms with Crippen LogP contribution in [0.1, 0.15) is 18.4 Å². The van der Waals surface area contributed by atoms with Crippen LogP contribution in [0.4, 0.5) is 4.39 Å². The third kappa shape index (κ3) is 3.73. The van der Waals surface area contributed by atoms with Crippen LogP contribution in [0, 0.1) is 5.82 Å². The standard InChI is InChI=1S/C15H13BrClFN2O/c16-11-5-12(17)13(18)6-15(11)21-14-3-4-19-7-9(14)8-20-10-1-2-10/h3-7,10,20H,1-2,8H2. The number of pyridine rings is 1. The van der Waals surface area contributed by atoms with Gasteiger partial charge in [-0.3, -0.25) is 4.98 Å². The fourth-order valence-electron chi connectivity index (χ4n) is 1.89. The molecule has 0 bridgehead atoms. The highest BCUT2D eigenvalue weighted by atomic mass is 79.9. The van der Waals surface area contributed by atoms with Gasteiger partial charge >= 0.3 is 0 Å². The Balaban J connectivity index is 1.82. The van der Waals surface area contributed by atoms with Gasteiger partial charge in [-0.25, -0.2) is 4.39 Å². The van der Waals surface area contributed by atoms with E-state index in [4.69, 9.17) is 16.3 Å². The summed E-state index contributed by atoms with van der Waals surface area (Å²) in [6.07, 6.45) is 5.83. The second-order valence-corrected chi connectivity index (χ2v) is 6.20. The lowest BCUT2D eigenvalue weighted by Crippen LogP contribution is -2.15. The molecule has 0 unspecified atom stereocenters. The molecule has 0 spiro atoms. The van der Waals surface area contributed by atoms with Crippen LogP contribution in [0.2, 0.25) is 5.02 Å². The molecule has 0 aliphatic heterocycles. The fraction of sp³-hybridized carbons (Fsp3) is 0.267. The molecule has 0 radical (unpaired) electrons. The van der Waals surface area contributed by atoms with Crippen molar-refractivity contribution in [3.05, 3.63) is 51.5 Å². The van der Waals surface area contributed by atoms with E-state index < -0.39 is 5.82 Å². The molecule has 0 saturated heterocycles. The predicted octanol–water partition coefficient (Wildman–Crippen LogP) is 4.68. The minimum atomic E-state index is -0.512. The lowest BCUT2D eigenvalue weighted by molar-refractivity contribution is 0.463. The van der Waals surface area contributed by atoms with Crippen molar-refractivity contribution in [3.8, 4) is 11.5 Å². The lowest BCUT2D eigenvalue weighted by Gasteiger charge is -2.13. The molecule has 0 amide bonds. The molecule has 0 atom stereocenters. The zero-order valence-electron chi connectivity index (χ0n) is 11.1. The third-order valence-electron chi connectivity index (χ3n) is 3.21. The van der Waals surface area contributed by atoms with Gasteiger partial charge in [0, 0.05) is 36.6 Å². The van der Waals surface area contributed by atoms with Crippen LogP contribution in [0.5, 0.6) is 11.5 Å². The number of hydrogen-bond acceptors (Lipinski definition) is 3. The number of halogens is 3. The van der Waals surface area contributed by atoms with Crippen molar-refractivity contribution in [2.75, 3.05) is 0 Å². The van der Waals surface area contributed by atoms with Gasteiger partial charge in [-0.1, -0.05) is 11.6 Å². The molecule has 1 fully saturated rings. The van der Waals surface area contributed by atoms with E-state index in [9.17, 15) is 4.39 Å². The molecule has 1 aliphatic carbocycles. The second-order valence-electron chi connectivity index (χ2n) is 4.94. The van der Waals surface area contributed by atoms with Crippen LogP contribution in [0.3, 0.4) is 0 Å². The number of nitrogens with one attached hydrogen (secondary N) is 1. The van der Waals surface area contributed by atoms with Gasteiger partial charge in [0.15, 0.2) is 0 Å². The van der Waals surface area contributed by atoms with Gasteiger partial charge in [0.05, 0.1) is 9.50 Å². The normalized spacial score (nSPS) is 14.2. The van der Waals surface area contributed by atoms with Crippen molar-refractivity contribution in [3.63, 3.8) is 0 Å². The van der Waals surface area contributed by atoms with Crippen molar-refractivity contribution >= 4 is 27.5 Å². The van der Waals surface area contributed by atoms with E-state index in [1.807, 2.05) is 0 Å². The minimum absolute atomic E-state index is 0.0552. The summed E-state index contributed by atoms with van der Waals surface area (Å²) in [6.45, 7) is 0.682. The largest absolute Gasteiger partial charge is 0.456 e. The molecule has 6 heteroatoms. The van der Waals surface area contributed by atoms with Crippen molar-refractivity contribution in [2.45, 2.75) is 25.4 Å². The minimum Gasteiger partial charge on any atom is -0.456 e. The van der Waals surface area contributed by atoms with Crippen LogP contribution < -0.4 is 10.1 Å². The molecule has 1 aromatic heterocycles. The molecule has 110 valence electrons. The average Bonchev–Trinajstić information content (AvgIpc) is 3.28. The van der Waals surface area contributed by atoms with Crippen molar-refractivity contribution < 1.29 is 9.13 Å². The topological polar surface area (TPSA) is 34.1 Å². The average molecular weight is 372 g/mol. The van der Waals surface area contributed by atoms with Crippen LogP contribution in [-0.4, -0.2) is 11.0 Å². The Hall–Kier alpha value is -1.17. The monoisotopic (exact) mass is 370 g/mol. The Bertz CT molecular complexity index is 664. The van der Waals surface area contributed by atoms with Gasteiger partial charge in [-0.05, 0) is 40.9 Å². The quantitative estimate of drug-likeness (QED) is 0.775. The van der Waals surface area contributed by atoms with E-state index in [1.165, 1.54) is 25.0 Å². The first kappa shape index (κ1) is 14.8. The fourth-order valence-corrected chi connectivity index (χ4v) is 2.61. The van der Waals surface area contributed by atoms with Crippen LogP contribution in [0.15, 0.2) is 35.1 Å². The number of nitrogens with zero attached hydrogens (tertiary/aromatic N) is 1. The maximum atomic E-state index is 13.6. The highest BCUT2D eigenvalue weighted by Gasteiger charge is 2.21. The lowest BCUT2D eigenvalue weighted by atomic mass is 10.2. The summed E-state index contributed by atoms with van der Waals surface area (Å²) in [5.74, 6) is 0.526. The predicted molar refractivity (Wildman–Crippen MR) is 83.3 cm³/mol. The summed E-state index contributed by atoms with van der Waals surface area (Å²) in [4.78, 5) is 4.11. The Morgan fingerprint density at radius 1 is 1.38 bits per heavy atom. The van der Waals surface area contributed by atoms with E-state index >= 15 is 0 Å². The van der Waals surface area contributed by atoms with Crippen LogP contribution in [-0.2, 0) is 6.54 Å². The molecular weight excluding hydrogens is 359 g/mol. The molecule has 1 N–H and O–H groups in total. The van der Waals surface area contributed by atoms with E-state index in [2.05, 4.69) is 26.2 Å². The maximum absolute atomic E-state index is 13.6.